The van der Waals surface area contributed by atoms with Crippen LogP contribution in [-0.2, 0) is 0 Å². The molecule has 1 atom stereocenters. The Labute approximate surface area is 144 Å². The molecule has 1 unspecified atom stereocenters. The van der Waals surface area contributed by atoms with Crippen molar-refractivity contribution in [3.05, 3.63) is 23.3 Å². The van der Waals surface area contributed by atoms with Gasteiger partial charge in [-0.2, -0.15) is 0 Å². The average Bonchev–Trinajstić information content (AvgIpc) is 2.99. The zero-order valence-corrected chi connectivity index (χ0v) is 14.9. The Bertz CT molecular complexity index is 546. The predicted molar refractivity (Wildman–Crippen MR) is 97.7 cm³/mol. The monoisotopic (exact) mass is 345 g/mol. The Hall–Kier alpha value is -1.13. The van der Waals surface area contributed by atoms with Crippen LogP contribution in [0.15, 0.2) is 17.1 Å². The average molecular weight is 346 g/mol. The molecular formula is C16H25Cl2N3O. The number of fused-ring (bicyclic) bond motifs is 1. The molecule has 0 saturated carbocycles. The largest absolute Gasteiger partial charge is 0.497 e. The van der Waals surface area contributed by atoms with E-state index in [1.807, 2.05) is 0 Å². The molecule has 0 aromatic heterocycles. The Morgan fingerprint density at radius 2 is 1.95 bits per heavy atom. The Morgan fingerprint density at radius 1 is 1.18 bits per heavy atom. The predicted octanol–water partition coefficient (Wildman–Crippen LogP) is 3.56. The number of amidine groups is 1. The van der Waals surface area contributed by atoms with Crippen LogP contribution in [-0.4, -0.2) is 32.6 Å². The van der Waals surface area contributed by atoms with E-state index in [0.29, 0.717) is 11.8 Å². The first-order chi connectivity index (χ1) is 9.70. The minimum atomic E-state index is 0. The van der Waals surface area contributed by atoms with Crippen molar-refractivity contribution in [1.29, 1.82) is 0 Å². The van der Waals surface area contributed by atoms with E-state index < -0.39 is 0 Å². The minimum absolute atomic E-state index is 0. The van der Waals surface area contributed by atoms with Crippen molar-refractivity contribution in [2.45, 2.75) is 32.1 Å². The molecule has 2 aliphatic heterocycles. The van der Waals surface area contributed by atoms with Gasteiger partial charge in [0.15, 0.2) is 0 Å². The van der Waals surface area contributed by atoms with Gasteiger partial charge in [-0.3, -0.25) is 4.99 Å². The minimum Gasteiger partial charge on any atom is -0.497 e. The van der Waals surface area contributed by atoms with E-state index in [0.717, 1.165) is 37.6 Å². The standard InChI is InChI=1S/C16H23N3O.2ClH/c1-10(2)13-8-11(20-3)9-14-12(4-5-17-15(13)14)16-18-6-7-19-16;;/h8-10,12,17H,4-7H2,1-3H3,(H,18,19);2*1H. The number of nitrogens with one attached hydrogen (secondary N) is 2. The van der Waals surface area contributed by atoms with Crippen molar-refractivity contribution in [1.82, 2.24) is 5.32 Å². The molecule has 0 saturated heterocycles. The zero-order chi connectivity index (χ0) is 14.1. The summed E-state index contributed by atoms with van der Waals surface area (Å²) in [5, 5.41) is 7.01. The molecule has 0 spiro atoms. The van der Waals surface area contributed by atoms with Gasteiger partial charge in [0.05, 0.1) is 13.7 Å². The third-order valence-corrected chi connectivity index (χ3v) is 4.17. The molecule has 2 heterocycles. The first-order valence-electron chi connectivity index (χ1n) is 7.44. The number of hydrogen-bond donors (Lipinski definition) is 2. The summed E-state index contributed by atoms with van der Waals surface area (Å²) in [5.74, 6) is 2.94. The van der Waals surface area contributed by atoms with Crippen LogP contribution >= 0.6 is 24.8 Å². The fourth-order valence-electron chi connectivity index (χ4n) is 3.14. The molecule has 1 aromatic carbocycles. The molecule has 0 radical (unpaired) electrons. The molecule has 0 aliphatic carbocycles. The highest BCUT2D eigenvalue weighted by Gasteiger charge is 2.28. The number of aliphatic imine (C=N–C) groups is 1. The molecule has 3 rings (SSSR count). The summed E-state index contributed by atoms with van der Waals surface area (Å²) in [7, 11) is 1.74. The quantitative estimate of drug-likeness (QED) is 0.880. The Kier molecular flexibility index (Phi) is 6.82. The molecule has 4 nitrogen and oxygen atoms in total. The van der Waals surface area contributed by atoms with Gasteiger partial charge in [0.1, 0.15) is 11.6 Å². The Balaban J connectivity index is 0.00000121. The second kappa shape index (κ2) is 7.93. The van der Waals surface area contributed by atoms with Gasteiger partial charge in [-0.1, -0.05) is 13.8 Å². The third kappa shape index (κ3) is 3.44. The molecule has 124 valence electrons. The van der Waals surface area contributed by atoms with Crippen LogP contribution in [0.4, 0.5) is 5.69 Å². The first-order valence-corrected chi connectivity index (χ1v) is 7.44. The maximum atomic E-state index is 5.49. The van der Waals surface area contributed by atoms with Gasteiger partial charge in [-0.05, 0) is 35.6 Å². The van der Waals surface area contributed by atoms with Crippen LogP contribution in [0.3, 0.4) is 0 Å². The number of rotatable bonds is 3. The van der Waals surface area contributed by atoms with E-state index in [9.17, 15) is 0 Å². The van der Waals surface area contributed by atoms with Gasteiger partial charge in [0.25, 0.3) is 0 Å². The van der Waals surface area contributed by atoms with Crippen LogP contribution < -0.4 is 15.4 Å². The van der Waals surface area contributed by atoms with Gasteiger partial charge >= 0.3 is 0 Å². The highest BCUT2D eigenvalue weighted by atomic mass is 35.5. The number of hydrogen-bond acceptors (Lipinski definition) is 4. The lowest BCUT2D eigenvalue weighted by atomic mass is 9.85. The van der Waals surface area contributed by atoms with Crippen LogP contribution in [0, 0.1) is 0 Å². The smallest absolute Gasteiger partial charge is 0.119 e. The van der Waals surface area contributed by atoms with Gasteiger partial charge in [0, 0.05) is 24.7 Å². The number of anilines is 1. The van der Waals surface area contributed by atoms with E-state index in [-0.39, 0.29) is 24.8 Å². The SMILES string of the molecule is COc1cc(C(C)C)c2c(c1)C(C1=NCCN1)CCN2.Cl.Cl. The number of ether oxygens (including phenoxy) is 1. The van der Waals surface area contributed by atoms with E-state index in [1.54, 1.807) is 7.11 Å². The molecule has 2 N–H and O–H groups in total. The highest BCUT2D eigenvalue weighted by molar-refractivity contribution is 5.92. The van der Waals surface area contributed by atoms with Crippen molar-refractivity contribution in [3.63, 3.8) is 0 Å². The molecule has 0 amide bonds. The van der Waals surface area contributed by atoms with Crippen LogP contribution in [0.5, 0.6) is 5.75 Å². The molecule has 6 heteroatoms. The summed E-state index contributed by atoms with van der Waals surface area (Å²) in [6.07, 6.45) is 1.09. The maximum absolute atomic E-state index is 5.49. The molecule has 22 heavy (non-hydrogen) atoms. The molecule has 0 bridgehead atoms. The van der Waals surface area contributed by atoms with Crippen LogP contribution in [0.2, 0.25) is 0 Å². The fourth-order valence-corrected chi connectivity index (χ4v) is 3.14. The molecular weight excluding hydrogens is 321 g/mol. The van der Waals surface area contributed by atoms with Crippen molar-refractivity contribution in [3.8, 4) is 5.75 Å². The Morgan fingerprint density at radius 3 is 2.55 bits per heavy atom. The zero-order valence-electron chi connectivity index (χ0n) is 13.3. The molecule has 1 aromatic rings. The summed E-state index contributed by atoms with van der Waals surface area (Å²) < 4.78 is 5.49. The van der Waals surface area contributed by atoms with Crippen LogP contribution in [0.25, 0.3) is 0 Å². The second-order valence-corrected chi connectivity index (χ2v) is 5.80. The topological polar surface area (TPSA) is 45.6 Å². The van der Waals surface area contributed by atoms with Gasteiger partial charge in [-0.25, -0.2) is 0 Å². The van der Waals surface area contributed by atoms with Crippen molar-refractivity contribution >= 4 is 36.3 Å². The summed E-state index contributed by atoms with van der Waals surface area (Å²) in [6.45, 7) is 7.33. The summed E-state index contributed by atoms with van der Waals surface area (Å²) in [6, 6.07) is 4.32. The number of methoxy groups -OCH3 is 1. The fraction of sp³-hybridized carbons (Fsp3) is 0.562. The summed E-state index contributed by atoms with van der Waals surface area (Å²) in [5.41, 5.74) is 3.95. The van der Waals surface area contributed by atoms with E-state index in [4.69, 9.17) is 4.74 Å². The first kappa shape index (κ1) is 18.9. The molecule has 2 aliphatic rings. The summed E-state index contributed by atoms with van der Waals surface area (Å²) in [4.78, 5) is 4.63. The highest BCUT2D eigenvalue weighted by Crippen LogP contribution is 2.40. The van der Waals surface area contributed by atoms with Gasteiger partial charge in [-0.15, -0.1) is 24.8 Å². The third-order valence-electron chi connectivity index (χ3n) is 4.17. The lowest BCUT2D eigenvalue weighted by Gasteiger charge is -2.30. The van der Waals surface area contributed by atoms with Crippen LogP contribution in [0.1, 0.15) is 43.2 Å². The van der Waals surface area contributed by atoms with Crippen molar-refractivity contribution in [2.75, 3.05) is 32.1 Å². The van der Waals surface area contributed by atoms with E-state index >= 15 is 0 Å². The van der Waals surface area contributed by atoms with Crippen molar-refractivity contribution < 1.29 is 4.74 Å². The lowest BCUT2D eigenvalue weighted by molar-refractivity contribution is 0.413. The summed E-state index contributed by atoms with van der Waals surface area (Å²) >= 11 is 0. The van der Waals surface area contributed by atoms with Gasteiger partial charge < -0.3 is 15.4 Å². The number of benzene rings is 1. The molecule has 0 fully saturated rings. The van der Waals surface area contributed by atoms with E-state index in [1.165, 1.54) is 16.8 Å². The lowest BCUT2D eigenvalue weighted by Crippen LogP contribution is -2.31. The normalized spacial score (nSPS) is 19.1. The van der Waals surface area contributed by atoms with Gasteiger partial charge in [0.2, 0.25) is 0 Å². The van der Waals surface area contributed by atoms with E-state index in [2.05, 4.69) is 41.6 Å². The number of nitrogens with zero attached hydrogens (tertiary/aromatic N) is 1. The number of halogens is 2. The maximum Gasteiger partial charge on any atom is 0.119 e. The second-order valence-electron chi connectivity index (χ2n) is 5.80. The van der Waals surface area contributed by atoms with Crippen molar-refractivity contribution in [2.24, 2.45) is 4.99 Å².